The minimum atomic E-state index is -3.19. The summed E-state index contributed by atoms with van der Waals surface area (Å²) in [6.45, 7) is 4.56. The number of sulfonamides is 1. The van der Waals surface area contributed by atoms with Crippen molar-refractivity contribution in [2.75, 3.05) is 32.8 Å². The normalized spacial score (nSPS) is 18.8. The molecule has 0 spiro atoms. The van der Waals surface area contributed by atoms with Crippen LogP contribution in [0.1, 0.15) is 32.6 Å². The predicted octanol–water partition coefficient (Wildman–Crippen LogP) is 0.556. The molecule has 1 aliphatic rings. The van der Waals surface area contributed by atoms with Crippen LogP contribution in [0.3, 0.4) is 0 Å². The smallest absolute Gasteiger partial charge is 0.217 e. The summed E-state index contributed by atoms with van der Waals surface area (Å²) in [5.41, 5.74) is 5.50. The molecule has 1 fully saturated rings. The summed E-state index contributed by atoms with van der Waals surface area (Å²) in [5, 5.41) is -0.278. The van der Waals surface area contributed by atoms with Crippen molar-refractivity contribution < 1.29 is 13.2 Å². The van der Waals surface area contributed by atoms with Gasteiger partial charge in [0.25, 0.3) is 0 Å². The Morgan fingerprint density at radius 2 is 1.94 bits per heavy atom. The third-order valence-electron chi connectivity index (χ3n) is 3.09. The first-order valence-electron chi connectivity index (χ1n) is 6.39. The number of ether oxygens (including phenoxy) is 1. The zero-order chi connectivity index (χ0) is 12.7. The van der Waals surface area contributed by atoms with Gasteiger partial charge in [-0.25, -0.2) is 12.7 Å². The van der Waals surface area contributed by atoms with Gasteiger partial charge in [-0.3, -0.25) is 0 Å². The van der Waals surface area contributed by atoms with E-state index in [4.69, 9.17) is 10.5 Å². The maximum absolute atomic E-state index is 12.4. The topological polar surface area (TPSA) is 72.6 Å². The Kier molecular flexibility index (Phi) is 6.40. The second-order valence-electron chi connectivity index (χ2n) is 4.40. The molecule has 0 saturated carbocycles. The summed E-state index contributed by atoms with van der Waals surface area (Å²) >= 11 is 0. The third-order valence-corrected chi connectivity index (χ3v) is 5.49. The van der Waals surface area contributed by atoms with E-state index in [0.29, 0.717) is 45.7 Å². The highest BCUT2D eigenvalue weighted by Gasteiger charge is 2.32. The molecular weight excluding hydrogens is 240 g/mol. The largest absolute Gasteiger partial charge is 0.381 e. The Labute approximate surface area is 104 Å². The molecule has 17 heavy (non-hydrogen) atoms. The Bertz CT molecular complexity index is 300. The second kappa shape index (κ2) is 7.31. The van der Waals surface area contributed by atoms with E-state index in [1.807, 2.05) is 0 Å². The molecular formula is C11H24N2O3S. The van der Waals surface area contributed by atoms with Gasteiger partial charge in [-0.1, -0.05) is 13.3 Å². The molecule has 0 aromatic carbocycles. The van der Waals surface area contributed by atoms with Crippen LogP contribution in [0.2, 0.25) is 0 Å². The number of rotatable bonds is 7. The molecule has 0 aromatic heterocycles. The molecule has 102 valence electrons. The first kappa shape index (κ1) is 14.9. The average Bonchev–Trinajstić information content (AvgIpc) is 2.35. The van der Waals surface area contributed by atoms with Gasteiger partial charge in [0, 0.05) is 32.8 Å². The van der Waals surface area contributed by atoms with Gasteiger partial charge in [0.1, 0.15) is 0 Å². The Balaban J connectivity index is 2.67. The molecule has 0 unspecified atom stereocenters. The Morgan fingerprint density at radius 1 is 1.29 bits per heavy atom. The first-order valence-corrected chi connectivity index (χ1v) is 7.90. The van der Waals surface area contributed by atoms with Gasteiger partial charge < -0.3 is 10.5 Å². The molecule has 1 heterocycles. The number of nitrogens with zero attached hydrogens (tertiary/aromatic N) is 1. The van der Waals surface area contributed by atoms with Crippen LogP contribution in [-0.4, -0.2) is 50.8 Å². The van der Waals surface area contributed by atoms with E-state index in [-0.39, 0.29) is 5.25 Å². The molecule has 0 amide bonds. The summed E-state index contributed by atoms with van der Waals surface area (Å²) in [6, 6.07) is 0. The van der Waals surface area contributed by atoms with E-state index in [1.54, 1.807) is 4.31 Å². The summed E-state index contributed by atoms with van der Waals surface area (Å²) in [6.07, 6.45) is 3.10. The van der Waals surface area contributed by atoms with E-state index in [2.05, 4.69) is 6.92 Å². The van der Waals surface area contributed by atoms with Crippen molar-refractivity contribution in [1.82, 2.24) is 4.31 Å². The molecule has 2 N–H and O–H groups in total. The van der Waals surface area contributed by atoms with Crippen LogP contribution in [0.15, 0.2) is 0 Å². The zero-order valence-electron chi connectivity index (χ0n) is 10.6. The van der Waals surface area contributed by atoms with Crippen molar-refractivity contribution in [1.29, 1.82) is 0 Å². The fourth-order valence-electron chi connectivity index (χ4n) is 2.03. The maximum Gasteiger partial charge on any atom is 0.217 e. The van der Waals surface area contributed by atoms with Crippen molar-refractivity contribution in [3.63, 3.8) is 0 Å². The van der Waals surface area contributed by atoms with Crippen LogP contribution in [0, 0.1) is 0 Å². The van der Waals surface area contributed by atoms with Gasteiger partial charge in [-0.15, -0.1) is 0 Å². The number of nitrogens with two attached hydrogens (primary N) is 1. The van der Waals surface area contributed by atoms with Gasteiger partial charge in [-0.05, 0) is 19.3 Å². The quantitative estimate of drug-likeness (QED) is 0.729. The molecule has 5 nitrogen and oxygen atoms in total. The maximum atomic E-state index is 12.4. The molecule has 0 aromatic rings. The van der Waals surface area contributed by atoms with Gasteiger partial charge in [0.05, 0.1) is 5.25 Å². The van der Waals surface area contributed by atoms with E-state index >= 15 is 0 Å². The fraction of sp³-hybridized carbons (Fsp3) is 1.00. The predicted molar refractivity (Wildman–Crippen MR) is 68.3 cm³/mol. The second-order valence-corrected chi connectivity index (χ2v) is 6.61. The molecule has 0 radical (unpaired) electrons. The summed E-state index contributed by atoms with van der Waals surface area (Å²) in [7, 11) is -3.19. The monoisotopic (exact) mass is 264 g/mol. The first-order chi connectivity index (χ1) is 8.12. The van der Waals surface area contributed by atoms with Crippen molar-refractivity contribution in [2.24, 2.45) is 5.73 Å². The van der Waals surface area contributed by atoms with Gasteiger partial charge >= 0.3 is 0 Å². The zero-order valence-corrected chi connectivity index (χ0v) is 11.4. The van der Waals surface area contributed by atoms with E-state index in [9.17, 15) is 8.42 Å². The fourth-order valence-corrected chi connectivity index (χ4v) is 3.98. The Hall–Kier alpha value is -0.170. The highest BCUT2D eigenvalue weighted by Crippen LogP contribution is 2.19. The lowest BCUT2D eigenvalue weighted by atomic mass is 10.2. The van der Waals surface area contributed by atoms with Crippen LogP contribution < -0.4 is 5.73 Å². The van der Waals surface area contributed by atoms with Gasteiger partial charge in [0.2, 0.25) is 10.0 Å². The number of unbranched alkanes of at least 4 members (excludes halogenated alkanes) is 1. The van der Waals surface area contributed by atoms with E-state index in [1.165, 1.54) is 0 Å². The molecule has 1 aliphatic heterocycles. The molecule has 1 saturated heterocycles. The van der Waals surface area contributed by atoms with Crippen molar-refractivity contribution in [3.8, 4) is 0 Å². The molecule has 0 aliphatic carbocycles. The molecule has 0 atom stereocenters. The van der Waals surface area contributed by atoms with Gasteiger partial charge in [0.15, 0.2) is 0 Å². The number of hydrogen-bond acceptors (Lipinski definition) is 4. The van der Waals surface area contributed by atoms with Crippen molar-refractivity contribution in [3.05, 3.63) is 0 Å². The highest BCUT2D eigenvalue weighted by molar-refractivity contribution is 7.89. The minimum Gasteiger partial charge on any atom is -0.381 e. The SMILES string of the molecule is CCCCN(CCN)S(=O)(=O)C1CCOCC1. The average molecular weight is 264 g/mol. The lowest BCUT2D eigenvalue weighted by Crippen LogP contribution is -2.43. The van der Waals surface area contributed by atoms with Gasteiger partial charge in [-0.2, -0.15) is 0 Å². The van der Waals surface area contributed by atoms with Crippen LogP contribution in [0.5, 0.6) is 0 Å². The van der Waals surface area contributed by atoms with Crippen LogP contribution in [0.4, 0.5) is 0 Å². The van der Waals surface area contributed by atoms with Crippen LogP contribution >= 0.6 is 0 Å². The summed E-state index contributed by atoms with van der Waals surface area (Å²) in [4.78, 5) is 0. The third kappa shape index (κ3) is 4.21. The lowest BCUT2D eigenvalue weighted by molar-refractivity contribution is 0.0972. The van der Waals surface area contributed by atoms with Crippen molar-refractivity contribution in [2.45, 2.75) is 37.9 Å². The molecule has 6 heteroatoms. The minimum absolute atomic E-state index is 0.278. The van der Waals surface area contributed by atoms with Crippen molar-refractivity contribution >= 4 is 10.0 Å². The lowest BCUT2D eigenvalue weighted by Gasteiger charge is -2.29. The Morgan fingerprint density at radius 3 is 2.47 bits per heavy atom. The van der Waals surface area contributed by atoms with Crippen LogP contribution in [-0.2, 0) is 14.8 Å². The highest BCUT2D eigenvalue weighted by atomic mass is 32.2. The molecule has 1 rings (SSSR count). The standard InChI is InChI=1S/C11H24N2O3S/c1-2-3-7-13(8-6-12)17(14,15)11-4-9-16-10-5-11/h11H,2-10,12H2,1H3. The number of hydrogen-bond donors (Lipinski definition) is 1. The summed E-state index contributed by atoms with van der Waals surface area (Å²) < 4.78 is 31.6. The van der Waals surface area contributed by atoms with E-state index < -0.39 is 10.0 Å². The van der Waals surface area contributed by atoms with E-state index in [0.717, 1.165) is 12.8 Å². The summed E-state index contributed by atoms with van der Waals surface area (Å²) in [5.74, 6) is 0. The van der Waals surface area contributed by atoms with Crippen LogP contribution in [0.25, 0.3) is 0 Å². The molecule has 0 bridgehead atoms.